The molecule has 10 atom stereocenters. The van der Waals surface area contributed by atoms with Gasteiger partial charge >= 0.3 is 16.4 Å². The van der Waals surface area contributed by atoms with E-state index >= 15 is 0 Å². The molecule has 2 aliphatic heterocycles. The number of carbonyl (C=O) groups excluding carboxylic acids is 1. The monoisotopic (exact) mass is 463 g/mol. The van der Waals surface area contributed by atoms with E-state index in [2.05, 4.69) is 9.50 Å². The Morgan fingerprint density at radius 3 is 2.03 bits per heavy atom. The second-order valence-corrected chi connectivity index (χ2v) is 7.52. The zero-order chi connectivity index (χ0) is 23.0. The molecule has 1 amide bonds. The van der Waals surface area contributed by atoms with E-state index in [1.54, 1.807) is 0 Å². The average molecular weight is 463 g/mol. The largest absolute Gasteiger partial charge is 0.479 e. The summed E-state index contributed by atoms with van der Waals surface area (Å²) in [6.45, 7) is 1.00. The van der Waals surface area contributed by atoms with Gasteiger partial charge in [0.15, 0.2) is 18.7 Å². The van der Waals surface area contributed by atoms with Crippen molar-refractivity contribution in [3.05, 3.63) is 0 Å². The maximum Gasteiger partial charge on any atom is 0.399 e. The molecule has 0 aliphatic carbocycles. The first-order valence-corrected chi connectivity index (χ1v) is 9.61. The maximum atomic E-state index is 11.4. The first kappa shape index (κ1) is 24.8. The molecular formula is C13H21NO15S. The number of rotatable bonds is 6. The van der Waals surface area contributed by atoms with E-state index in [1.165, 1.54) is 0 Å². The lowest BCUT2D eigenvalue weighted by Gasteiger charge is -2.45. The molecule has 2 rings (SSSR count). The highest BCUT2D eigenvalue weighted by atomic mass is 32.3. The van der Waals surface area contributed by atoms with Gasteiger partial charge < -0.3 is 50.2 Å². The van der Waals surface area contributed by atoms with Crippen LogP contribution in [0.2, 0.25) is 0 Å². The second kappa shape index (κ2) is 9.32. The topological polar surface area (TPSA) is 259 Å². The number of hydrogen-bond acceptors (Lipinski definition) is 13. The van der Waals surface area contributed by atoms with Crippen LogP contribution in [0.25, 0.3) is 0 Å². The summed E-state index contributed by atoms with van der Waals surface area (Å²) < 4.78 is 49.5. The summed E-state index contributed by atoms with van der Waals surface area (Å²) >= 11 is 0. The summed E-state index contributed by atoms with van der Waals surface area (Å²) in [5, 5.41) is 61.1. The second-order valence-electron chi connectivity index (χ2n) is 6.47. The number of carboxylic acid groups (broad SMARTS) is 1. The van der Waals surface area contributed by atoms with E-state index in [9.17, 15) is 43.5 Å². The molecule has 17 heteroatoms. The fourth-order valence-corrected chi connectivity index (χ4v) is 3.30. The Kier molecular flexibility index (Phi) is 7.69. The molecule has 0 saturated carbocycles. The van der Waals surface area contributed by atoms with Crippen LogP contribution in [0, 0.1) is 0 Å². The van der Waals surface area contributed by atoms with E-state index in [4.69, 9.17) is 23.9 Å². The Labute approximate surface area is 168 Å². The van der Waals surface area contributed by atoms with E-state index < -0.39 is 83.8 Å². The van der Waals surface area contributed by atoms with E-state index in [1.807, 2.05) is 0 Å². The summed E-state index contributed by atoms with van der Waals surface area (Å²) in [6.07, 6.45) is -18.7. The Hall–Kier alpha value is -1.51. The molecule has 5 unspecified atom stereocenters. The van der Waals surface area contributed by atoms with Gasteiger partial charge in [-0.15, -0.1) is 0 Å². The van der Waals surface area contributed by atoms with Crippen molar-refractivity contribution in [2.24, 2.45) is 0 Å². The van der Waals surface area contributed by atoms with Gasteiger partial charge in [-0.05, 0) is 0 Å². The molecule has 30 heavy (non-hydrogen) atoms. The van der Waals surface area contributed by atoms with Crippen LogP contribution in [0.5, 0.6) is 0 Å². The summed E-state index contributed by atoms with van der Waals surface area (Å²) in [7, 11) is -5.19. The molecule has 0 bridgehead atoms. The van der Waals surface area contributed by atoms with Gasteiger partial charge in [-0.3, -0.25) is 9.35 Å². The predicted octanol–water partition coefficient (Wildman–Crippen LogP) is -5.38. The number of hydrogen-bond donors (Lipinski definition) is 8. The number of carbonyl (C=O) groups is 2. The van der Waals surface area contributed by atoms with Crippen LogP contribution in [0.15, 0.2) is 0 Å². The highest BCUT2D eigenvalue weighted by Gasteiger charge is 2.53. The van der Waals surface area contributed by atoms with Crippen molar-refractivity contribution in [3.8, 4) is 0 Å². The average Bonchev–Trinajstić information content (AvgIpc) is 2.60. The standard InChI is InChI=1S/C13H21NO15S/c1-2(15)14-3-8(7(19)13(28-11(3)22)29-30(23,24)25)26-12-6(18)4(16)5(17)9(27-12)10(20)21/h3-9,11-13,16-19,22H,1H3,(H,14,15)(H,20,21)(H,23,24,25)/t3-,4?,5?,6?,7-,8-,9?,11-,12?,13-/m1/s1. The van der Waals surface area contributed by atoms with Crippen molar-refractivity contribution in [3.63, 3.8) is 0 Å². The van der Waals surface area contributed by atoms with Gasteiger partial charge in [-0.25, -0.2) is 8.98 Å². The van der Waals surface area contributed by atoms with Crippen molar-refractivity contribution >= 4 is 22.3 Å². The smallest absolute Gasteiger partial charge is 0.399 e. The van der Waals surface area contributed by atoms with Gasteiger partial charge in [-0.2, -0.15) is 8.42 Å². The van der Waals surface area contributed by atoms with Gasteiger partial charge in [0.2, 0.25) is 12.2 Å². The zero-order valence-corrected chi connectivity index (χ0v) is 15.9. The van der Waals surface area contributed by atoms with E-state index in [0.29, 0.717) is 0 Å². The minimum atomic E-state index is -5.19. The molecule has 0 aromatic heterocycles. The van der Waals surface area contributed by atoms with Crippen molar-refractivity contribution < 1.29 is 71.6 Å². The molecule has 8 N–H and O–H groups in total. The highest BCUT2D eigenvalue weighted by molar-refractivity contribution is 7.80. The zero-order valence-electron chi connectivity index (χ0n) is 15.1. The summed E-state index contributed by atoms with van der Waals surface area (Å²) in [5.74, 6) is -2.51. The van der Waals surface area contributed by atoms with Crippen LogP contribution in [-0.4, -0.2) is 117 Å². The third-order valence-corrected chi connectivity index (χ3v) is 4.67. The van der Waals surface area contributed by atoms with Crippen molar-refractivity contribution in [2.75, 3.05) is 0 Å². The number of ether oxygens (including phenoxy) is 3. The molecule has 0 aromatic carbocycles. The predicted molar refractivity (Wildman–Crippen MR) is 86.3 cm³/mol. The summed E-state index contributed by atoms with van der Waals surface area (Å²) in [6, 6.07) is -1.64. The fraction of sp³-hybridized carbons (Fsp3) is 0.846. The molecule has 2 heterocycles. The SMILES string of the molecule is CC(=O)N[C@@H]1[C@@H](OC2OC(C(=O)O)C(O)C(O)C2O)[C@@H](O)[C@@H](OS(=O)(=O)O)O[C@H]1O. The molecule has 0 radical (unpaired) electrons. The lowest BCUT2D eigenvalue weighted by molar-refractivity contribution is -0.350. The van der Waals surface area contributed by atoms with Crippen molar-refractivity contribution in [1.29, 1.82) is 0 Å². The van der Waals surface area contributed by atoms with Gasteiger partial charge in [0.25, 0.3) is 0 Å². The first-order chi connectivity index (χ1) is 13.7. The molecule has 0 aromatic rings. The number of aliphatic hydroxyl groups is 5. The minimum Gasteiger partial charge on any atom is -0.479 e. The molecule has 2 aliphatic rings. The highest BCUT2D eigenvalue weighted by Crippen LogP contribution is 2.29. The Bertz CT molecular complexity index is 745. The van der Waals surface area contributed by atoms with Crippen molar-refractivity contribution in [2.45, 2.75) is 68.5 Å². The van der Waals surface area contributed by atoms with Gasteiger partial charge in [-0.1, -0.05) is 0 Å². The quantitative estimate of drug-likeness (QED) is 0.171. The molecule has 174 valence electrons. The van der Waals surface area contributed by atoms with Crippen LogP contribution in [0.4, 0.5) is 0 Å². The van der Waals surface area contributed by atoms with Crippen LogP contribution in [0.3, 0.4) is 0 Å². The van der Waals surface area contributed by atoms with E-state index in [-0.39, 0.29) is 0 Å². The third-order valence-electron chi connectivity index (χ3n) is 4.24. The minimum absolute atomic E-state index is 0.776. The molecule has 16 nitrogen and oxygen atoms in total. The molecule has 2 fully saturated rings. The van der Waals surface area contributed by atoms with Crippen molar-refractivity contribution in [1.82, 2.24) is 5.32 Å². The van der Waals surface area contributed by atoms with Gasteiger partial charge in [0, 0.05) is 6.92 Å². The van der Waals surface area contributed by atoms with Gasteiger partial charge in [0.05, 0.1) is 0 Å². The molecule has 2 saturated heterocycles. The lowest BCUT2D eigenvalue weighted by atomic mass is 9.97. The number of amides is 1. The first-order valence-electron chi connectivity index (χ1n) is 8.25. The Morgan fingerprint density at radius 2 is 1.53 bits per heavy atom. The number of aliphatic hydroxyl groups excluding tert-OH is 5. The third kappa shape index (κ3) is 5.59. The Balaban J connectivity index is 2.31. The van der Waals surface area contributed by atoms with Crippen LogP contribution in [0.1, 0.15) is 6.92 Å². The lowest BCUT2D eigenvalue weighted by Crippen LogP contribution is -2.67. The van der Waals surface area contributed by atoms with Crippen LogP contribution in [-0.2, 0) is 38.4 Å². The summed E-state index contributed by atoms with van der Waals surface area (Å²) in [4.78, 5) is 22.6. The van der Waals surface area contributed by atoms with E-state index in [0.717, 1.165) is 6.92 Å². The molecular weight excluding hydrogens is 442 g/mol. The Morgan fingerprint density at radius 1 is 0.933 bits per heavy atom. The summed E-state index contributed by atoms with van der Waals surface area (Å²) in [5.41, 5.74) is 0. The fourth-order valence-electron chi connectivity index (χ4n) is 2.90. The van der Waals surface area contributed by atoms with Crippen LogP contribution >= 0.6 is 0 Å². The number of nitrogens with one attached hydrogen (secondary N) is 1. The molecule has 0 spiro atoms. The van der Waals surface area contributed by atoms with Crippen LogP contribution < -0.4 is 5.32 Å². The number of aliphatic carboxylic acids is 1. The normalized spacial score (nSPS) is 42.5. The maximum absolute atomic E-state index is 11.4. The number of carboxylic acids is 1. The van der Waals surface area contributed by atoms with Gasteiger partial charge in [0.1, 0.15) is 36.6 Å².